The van der Waals surface area contributed by atoms with Crippen LogP contribution in [0.1, 0.15) is 24.0 Å². The Labute approximate surface area is 95.2 Å². The molecule has 14 heavy (non-hydrogen) atoms. The first-order chi connectivity index (χ1) is 6.75. The van der Waals surface area contributed by atoms with Crippen LogP contribution in [0.15, 0.2) is 18.2 Å². The molecule has 0 aliphatic rings. The molecule has 0 aromatic heterocycles. The Morgan fingerprint density at radius 2 is 2.14 bits per heavy atom. The summed E-state index contributed by atoms with van der Waals surface area (Å²) >= 11 is 11.5. The van der Waals surface area contributed by atoms with Gasteiger partial charge in [-0.2, -0.15) is 0 Å². The van der Waals surface area contributed by atoms with Gasteiger partial charge in [0, 0.05) is 22.9 Å². The van der Waals surface area contributed by atoms with Gasteiger partial charge in [-0.1, -0.05) is 29.5 Å². The molecule has 0 unspecified atom stereocenters. The van der Waals surface area contributed by atoms with Crippen LogP contribution in [-0.4, -0.2) is 5.88 Å². The predicted octanol–water partition coefficient (Wildman–Crippen LogP) is 4.02. The highest BCUT2D eigenvalue weighted by Gasteiger charge is 1.97. The van der Waals surface area contributed by atoms with Gasteiger partial charge in [0.15, 0.2) is 0 Å². The number of alkyl halides is 1. The summed E-state index contributed by atoms with van der Waals surface area (Å²) in [6.07, 6.45) is 1.78. The lowest BCUT2D eigenvalue weighted by molar-refractivity contribution is 0.991. The highest BCUT2D eigenvalue weighted by Crippen LogP contribution is 2.17. The van der Waals surface area contributed by atoms with E-state index in [0.717, 1.165) is 29.0 Å². The molecule has 0 heterocycles. The first-order valence-electron chi connectivity index (χ1n) is 4.55. The molecular formula is C12H12Cl2. The third-order valence-electron chi connectivity index (χ3n) is 1.93. The summed E-state index contributed by atoms with van der Waals surface area (Å²) in [5.74, 6) is 6.84. The monoisotopic (exact) mass is 226 g/mol. The lowest BCUT2D eigenvalue weighted by Crippen LogP contribution is -1.82. The predicted molar refractivity (Wildman–Crippen MR) is 63.0 cm³/mol. The Morgan fingerprint density at radius 3 is 2.86 bits per heavy atom. The van der Waals surface area contributed by atoms with Crippen LogP contribution in [0.2, 0.25) is 5.02 Å². The standard InChI is InChI=1S/C12H12Cl2/c1-10-11(6-3-2-4-9-13)7-5-8-12(10)14/h5,7-8H,2,4,9H2,1H3. The van der Waals surface area contributed by atoms with Gasteiger partial charge in [-0.25, -0.2) is 0 Å². The van der Waals surface area contributed by atoms with E-state index in [9.17, 15) is 0 Å². The van der Waals surface area contributed by atoms with Crippen molar-refractivity contribution in [3.63, 3.8) is 0 Å². The van der Waals surface area contributed by atoms with Gasteiger partial charge in [-0.3, -0.25) is 0 Å². The van der Waals surface area contributed by atoms with E-state index in [1.165, 1.54) is 0 Å². The minimum Gasteiger partial charge on any atom is -0.127 e. The Bertz CT molecular complexity index is 358. The van der Waals surface area contributed by atoms with Gasteiger partial charge in [-0.15, -0.1) is 11.6 Å². The van der Waals surface area contributed by atoms with E-state index in [1.807, 2.05) is 25.1 Å². The summed E-state index contributed by atoms with van der Waals surface area (Å²) in [7, 11) is 0. The molecule has 0 radical (unpaired) electrons. The van der Waals surface area contributed by atoms with Crippen molar-refractivity contribution in [2.24, 2.45) is 0 Å². The minimum absolute atomic E-state index is 0.670. The first kappa shape index (κ1) is 11.4. The summed E-state index contributed by atoms with van der Waals surface area (Å²) in [6, 6.07) is 5.77. The zero-order chi connectivity index (χ0) is 10.4. The van der Waals surface area contributed by atoms with Crippen LogP contribution in [0.5, 0.6) is 0 Å². The van der Waals surface area contributed by atoms with Crippen LogP contribution in [0.25, 0.3) is 0 Å². The second-order valence-electron chi connectivity index (χ2n) is 3.01. The van der Waals surface area contributed by atoms with E-state index < -0.39 is 0 Å². The Kier molecular flexibility index (Phi) is 4.87. The van der Waals surface area contributed by atoms with Crippen molar-refractivity contribution in [2.45, 2.75) is 19.8 Å². The molecule has 0 saturated heterocycles. The van der Waals surface area contributed by atoms with Gasteiger partial charge >= 0.3 is 0 Å². The van der Waals surface area contributed by atoms with E-state index in [1.54, 1.807) is 0 Å². The molecule has 0 fully saturated rings. The summed E-state index contributed by atoms with van der Waals surface area (Å²) in [6.45, 7) is 1.98. The summed E-state index contributed by atoms with van der Waals surface area (Å²) < 4.78 is 0. The SMILES string of the molecule is Cc1c(Cl)cccc1C#CCCCCl. The van der Waals surface area contributed by atoms with Crippen LogP contribution < -0.4 is 0 Å². The second kappa shape index (κ2) is 5.96. The molecule has 0 aliphatic carbocycles. The number of halogens is 2. The minimum atomic E-state index is 0.670. The van der Waals surface area contributed by atoms with Gasteiger partial charge in [0.2, 0.25) is 0 Å². The Balaban J connectivity index is 2.74. The maximum atomic E-state index is 5.97. The average Bonchev–Trinajstić information content (AvgIpc) is 2.19. The molecule has 74 valence electrons. The molecule has 0 atom stereocenters. The average molecular weight is 227 g/mol. The molecule has 1 rings (SSSR count). The number of hydrogen-bond donors (Lipinski definition) is 0. The molecule has 0 bridgehead atoms. The van der Waals surface area contributed by atoms with Crippen LogP contribution >= 0.6 is 23.2 Å². The van der Waals surface area contributed by atoms with E-state index in [2.05, 4.69) is 11.8 Å². The van der Waals surface area contributed by atoms with Crippen molar-refractivity contribution >= 4 is 23.2 Å². The van der Waals surface area contributed by atoms with Crippen LogP contribution in [0, 0.1) is 18.8 Å². The molecule has 0 saturated carbocycles. The van der Waals surface area contributed by atoms with Crippen molar-refractivity contribution in [2.75, 3.05) is 5.88 Å². The zero-order valence-electron chi connectivity index (χ0n) is 8.11. The van der Waals surface area contributed by atoms with E-state index >= 15 is 0 Å². The van der Waals surface area contributed by atoms with Gasteiger partial charge in [0.05, 0.1) is 0 Å². The number of benzene rings is 1. The number of hydrogen-bond acceptors (Lipinski definition) is 0. The van der Waals surface area contributed by atoms with Crippen LogP contribution in [-0.2, 0) is 0 Å². The van der Waals surface area contributed by atoms with E-state index in [0.29, 0.717) is 5.88 Å². The maximum absolute atomic E-state index is 5.97. The largest absolute Gasteiger partial charge is 0.127 e. The van der Waals surface area contributed by atoms with Crippen molar-refractivity contribution in [3.05, 3.63) is 34.3 Å². The molecule has 0 amide bonds. The fourth-order valence-corrected chi connectivity index (χ4v) is 1.36. The molecule has 0 aliphatic heterocycles. The molecule has 1 aromatic carbocycles. The molecular weight excluding hydrogens is 215 g/mol. The zero-order valence-corrected chi connectivity index (χ0v) is 9.62. The smallest absolute Gasteiger partial charge is 0.0447 e. The summed E-state index contributed by atoms with van der Waals surface area (Å²) in [5.41, 5.74) is 2.06. The number of unbranched alkanes of at least 4 members (excludes halogenated alkanes) is 1. The molecule has 0 N–H and O–H groups in total. The quantitative estimate of drug-likeness (QED) is 0.406. The van der Waals surface area contributed by atoms with Gasteiger partial charge in [-0.05, 0) is 31.0 Å². The molecule has 0 nitrogen and oxygen atoms in total. The summed E-state index contributed by atoms with van der Waals surface area (Å²) in [4.78, 5) is 0. The molecule has 0 spiro atoms. The third-order valence-corrected chi connectivity index (χ3v) is 2.60. The van der Waals surface area contributed by atoms with Gasteiger partial charge in [0.1, 0.15) is 0 Å². The van der Waals surface area contributed by atoms with Crippen molar-refractivity contribution in [3.8, 4) is 11.8 Å². The van der Waals surface area contributed by atoms with E-state index in [4.69, 9.17) is 23.2 Å². The topological polar surface area (TPSA) is 0 Å². The number of rotatable bonds is 2. The lowest BCUT2D eigenvalue weighted by atomic mass is 10.1. The van der Waals surface area contributed by atoms with Crippen molar-refractivity contribution < 1.29 is 0 Å². The van der Waals surface area contributed by atoms with Gasteiger partial charge in [0.25, 0.3) is 0 Å². The fraction of sp³-hybridized carbons (Fsp3) is 0.333. The van der Waals surface area contributed by atoms with Crippen LogP contribution in [0.3, 0.4) is 0 Å². The lowest BCUT2D eigenvalue weighted by Gasteiger charge is -1.99. The fourth-order valence-electron chi connectivity index (χ4n) is 1.06. The van der Waals surface area contributed by atoms with Crippen molar-refractivity contribution in [1.82, 2.24) is 0 Å². The molecule has 2 heteroatoms. The summed E-state index contributed by atoms with van der Waals surface area (Å²) in [5, 5.41) is 0.772. The van der Waals surface area contributed by atoms with E-state index in [-0.39, 0.29) is 0 Å². The van der Waals surface area contributed by atoms with Crippen LogP contribution in [0.4, 0.5) is 0 Å². The highest BCUT2D eigenvalue weighted by molar-refractivity contribution is 6.31. The first-order valence-corrected chi connectivity index (χ1v) is 5.47. The third kappa shape index (κ3) is 3.25. The van der Waals surface area contributed by atoms with Crippen molar-refractivity contribution in [1.29, 1.82) is 0 Å². The van der Waals surface area contributed by atoms with Gasteiger partial charge < -0.3 is 0 Å². The normalized spacial score (nSPS) is 9.36. The highest BCUT2D eigenvalue weighted by atomic mass is 35.5. The molecule has 1 aromatic rings. The Morgan fingerprint density at radius 1 is 1.36 bits per heavy atom. The maximum Gasteiger partial charge on any atom is 0.0447 e. The second-order valence-corrected chi connectivity index (χ2v) is 3.79. The Hall–Kier alpha value is -0.640.